The van der Waals surface area contributed by atoms with Crippen LogP contribution in [0.25, 0.3) is 0 Å². The number of nitrogens with one attached hydrogen (secondary N) is 1. The summed E-state index contributed by atoms with van der Waals surface area (Å²) in [5, 5.41) is 3.55. The maximum Gasteiger partial charge on any atom is 0.322 e. The normalized spacial score (nSPS) is 22.4. The van der Waals surface area contributed by atoms with E-state index in [4.69, 9.17) is 16.3 Å². The van der Waals surface area contributed by atoms with Gasteiger partial charge in [-0.25, -0.2) is 4.79 Å². The van der Waals surface area contributed by atoms with Crippen molar-refractivity contribution >= 4 is 23.3 Å². The first-order valence-corrected chi connectivity index (χ1v) is 9.24. The van der Waals surface area contributed by atoms with Crippen LogP contribution in [0.15, 0.2) is 24.3 Å². The molecule has 0 bridgehead atoms. The van der Waals surface area contributed by atoms with Crippen LogP contribution in [-0.4, -0.2) is 61.3 Å². The van der Waals surface area contributed by atoms with Crippen LogP contribution in [0.3, 0.4) is 0 Å². The third kappa shape index (κ3) is 4.62. The molecular weight excluding hydrogens is 326 g/mol. The summed E-state index contributed by atoms with van der Waals surface area (Å²) >= 11 is 6.15. The lowest BCUT2D eigenvalue weighted by molar-refractivity contribution is 0.0329. The van der Waals surface area contributed by atoms with Gasteiger partial charge in [0.2, 0.25) is 0 Å². The second-order valence-electron chi connectivity index (χ2n) is 6.50. The van der Waals surface area contributed by atoms with E-state index in [1.807, 2.05) is 23.1 Å². The van der Waals surface area contributed by atoms with Crippen molar-refractivity contribution < 1.29 is 9.53 Å². The molecular formula is C18H26ClN3O2. The minimum absolute atomic E-state index is 0.0326. The zero-order chi connectivity index (χ0) is 16.8. The van der Waals surface area contributed by atoms with Crippen molar-refractivity contribution in [1.82, 2.24) is 9.80 Å². The topological polar surface area (TPSA) is 44.8 Å². The van der Waals surface area contributed by atoms with Crippen LogP contribution in [-0.2, 0) is 4.74 Å². The molecule has 0 aliphatic carbocycles. The van der Waals surface area contributed by atoms with Gasteiger partial charge in [-0.3, -0.25) is 4.90 Å². The Morgan fingerprint density at radius 1 is 1.21 bits per heavy atom. The average Bonchev–Trinajstić information content (AvgIpc) is 2.63. The summed E-state index contributed by atoms with van der Waals surface area (Å²) < 4.78 is 5.40. The Hall–Kier alpha value is -1.30. The van der Waals surface area contributed by atoms with E-state index in [-0.39, 0.29) is 6.03 Å². The van der Waals surface area contributed by atoms with E-state index >= 15 is 0 Å². The maximum absolute atomic E-state index is 12.7. The summed E-state index contributed by atoms with van der Waals surface area (Å²) in [6, 6.07) is 7.66. The number of piperidine rings is 1. The molecule has 2 aliphatic rings. The molecule has 0 spiro atoms. The average molecular weight is 352 g/mol. The smallest absolute Gasteiger partial charge is 0.322 e. The first kappa shape index (κ1) is 17.5. The number of para-hydroxylation sites is 1. The highest BCUT2D eigenvalue weighted by atomic mass is 35.5. The second-order valence-corrected chi connectivity index (χ2v) is 6.90. The quantitative estimate of drug-likeness (QED) is 0.903. The van der Waals surface area contributed by atoms with Crippen LogP contribution in [0, 0.1) is 0 Å². The van der Waals surface area contributed by atoms with Crippen LogP contribution in [0.4, 0.5) is 10.5 Å². The molecule has 1 N–H and O–H groups in total. The van der Waals surface area contributed by atoms with E-state index < -0.39 is 0 Å². The number of nitrogens with zero attached hydrogens (tertiary/aromatic N) is 2. The Kier molecular flexibility index (Phi) is 6.35. The third-order valence-corrected chi connectivity index (χ3v) is 5.22. The summed E-state index contributed by atoms with van der Waals surface area (Å²) in [4.78, 5) is 17.1. The molecule has 3 rings (SSSR count). The number of halogens is 1. The van der Waals surface area contributed by atoms with Crippen molar-refractivity contribution in [2.75, 3.05) is 44.7 Å². The number of amides is 2. The van der Waals surface area contributed by atoms with E-state index in [9.17, 15) is 4.79 Å². The van der Waals surface area contributed by atoms with Crippen LogP contribution in [0.2, 0.25) is 5.02 Å². The molecule has 2 amide bonds. The summed E-state index contributed by atoms with van der Waals surface area (Å²) in [6.07, 6.45) is 4.38. The largest absolute Gasteiger partial charge is 0.379 e. The predicted octanol–water partition coefficient (Wildman–Crippen LogP) is 3.45. The lowest BCUT2D eigenvalue weighted by Crippen LogP contribution is -2.48. The van der Waals surface area contributed by atoms with E-state index in [0.29, 0.717) is 16.8 Å². The van der Waals surface area contributed by atoms with E-state index in [0.717, 1.165) is 58.7 Å². The lowest BCUT2D eigenvalue weighted by atomic mass is 9.99. The molecule has 1 aromatic carbocycles. The predicted molar refractivity (Wildman–Crippen MR) is 96.7 cm³/mol. The number of hydrogen-bond donors (Lipinski definition) is 1. The SMILES string of the molecule is O=C(Nc1ccccc1Cl)N1CCCCC1CCN1CCOCC1. The standard InChI is InChI=1S/C18H26ClN3O2/c19-16-6-1-2-7-17(16)20-18(23)22-9-4-3-5-15(22)8-10-21-11-13-24-14-12-21/h1-2,6-7,15H,3-5,8-14H2,(H,20,23). The van der Waals surface area contributed by atoms with E-state index in [1.165, 1.54) is 6.42 Å². The third-order valence-electron chi connectivity index (χ3n) is 4.89. The Morgan fingerprint density at radius 2 is 2.00 bits per heavy atom. The fraction of sp³-hybridized carbons (Fsp3) is 0.611. The number of hydrogen-bond acceptors (Lipinski definition) is 3. The lowest BCUT2D eigenvalue weighted by Gasteiger charge is -2.37. The van der Waals surface area contributed by atoms with E-state index in [1.54, 1.807) is 6.07 Å². The summed E-state index contributed by atoms with van der Waals surface area (Å²) in [5.41, 5.74) is 0.682. The molecule has 2 saturated heterocycles. The van der Waals surface area contributed by atoms with Gasteiger partial charge in [-0.2, -0.15) is 0 Å². The number of rotatable bonds is 4. The van der Waals surface area contributed by atoms with Crippen LogP contribution in [0.5, 0.6) is 0 Å². The molecule has 2 fully saturated rings. The highest BCUT2D eigenvalue weighted by Crippen LogP contribution is 2.24. The molecule has 1 aromatic rings. The van der Waals surface area contributed by atoms with Crippen molar-refractivity contribution in [2.45, 2.75) is 31.7 Å². The van der Waals surface area contributed by atoms with Gasteiger partial charge in [-0.1, -0.05) is 23.7 Å². The number of morpholine rings is 1. The van der Waals surface area contributed by atoms with Gasteiger partial charge in [0.1, 0.15) is 0 Å². The van der Waals surface area contributed by atoms with Gasteiger partial charge >= 0.3 is 6.03 Å². The van der Waals surface area contributed by atoms with Crippen molar-refractivity contribution in [3.05, 3.63) is 29.3 Å². The molecule has 1 unspecified atom stereocenters. The molecule has 24 heavy (non-hydrogen) atoms. The molecule has 132 valence electrons. The summed E-state index contributed by atoms with van der Waals surface area (Å²) in [5.74, 6) is 0. The monoisotopic (exact) mass is 351 g/mol. The number of urea groups is 1. The van der Waals surface area contributed by atoms with Gasteiger partial charge in [-0.15, -0.1) is 0 Å². The van der Waals surface area contributed by atoms with Crippen LogP contribution in [0.1, 0.15) is 25.7 Å². The van der Waals surface area contributed by atoms with Crippen LogP contribution >= 0.6 is 11.6 Å². The number of carbonyl (C=O) groups excluding carboxylic acids is 1. The first-order valence-electron chi connectivity index (χ1n) is 8.86. The fourth-order valence-electron chi connectivity index (χ4n) is 3.47. The molecule has 1 atom stereocenters. The Bertz CT molecular complexity index is 549. The summed E-state index contributed by atoms with van der Waals surface area (Å²) in [6.45, 7) is 5.49. The second kappa shape index (κ2) is 8.70. The highest BCUT2D eigenvalue weighted by molar-refractivity contribution is 6.33. The van der Waals surface area contributed by atoms with E-state index in [2.05, 4.69) is 10.2 Å². The molecule has 6 heteroatoms. The fourth-order valence-corrected chi connectivity index (χ4v) is 3.66. The highest BCUT2D eigenvalue weighted by Gasteiger charge is 2.27. The minimum Gasteiger partial charge on any atom is -0.379 e. The van der Waals surface area contributed by atoms with Crippen molar-refractivity contribution in [2.24, 2.45) is 0 Å². The molecule has 2 heterocycles. The van der Waals surface area contributed by atoms with Crippen molar-refractivity contribution in [3.8, 4) is 0 Å². The number of carbonyl (C=O) groups is 1. The molecule has 5 nitrogen and oxygen atoms in total. The Balaban J connectivity index is 1.56. The summed E-state index contributed by atoms with van der Waals surface area (Å²) in [7, 11) is 0. The van der Waals surface area contributed by atoms with Gasteiger partial charge in [0.25, 0.3) is 0 Å². The van der Waals surface area contributed by atoms with Crippen LogP contribution < -0.4 is 5.32 Å². The molecule has 2 aliphatic heterocycles. The maximum atomic E-state index is 12.7. The number of likely N-dealkylation sites (tertiary alicyclic amines) is 1. The van der Waals surface area contributed by atoms with Gasteiger partial charge in [-0.05, 0) is 37.8 Å². The number of benzene rings is 1. The zero-order valence-electron chi connectivity index (χ0n) is 14.0. The Labute approximate surface area is 148 Å². The van der Waals surface area contributed by atoms with Gasteiger partial charge in [0, 0.05) is 32.2 Å². The number of anilines is 1. The van der Waals surface area contributed by atoms with Gasteiger partial charge < -0.3 is 15.0 Å². The molecule has 0 saturated carbocycles. The van der Waals surface area contributed by atoms with Crippen molar-refractivity contribution in [1.29, 1.82) is 0 Å². The Morgan fingerprint density at radius 3 is 2.79 bits per heavy atom. The zero-order valence-corrected chi connectivity index (χ0v) is 14.8. The van der Waals surface area contributed by atoms with Crippen molar-refractivity contribution in [3.63, 3.8) is 0 Å². The molecule has 0 radical (unpaired) electrons. The first-order chi connectivity index (χ1) is 11.7. The van der Waals surface area contributed by atoms with Gasteiger partial charge in [0.15, 0.2) is 0 Å². The number of ether oxygens (including phenoxy) is 1. The minimum atomic E-state index is -0.0326. The van der Waals surface area contributed by atoms with Gasteiger partial charge in [0.05, 0.1) is 23.9 Å². The molecule has 0 aromatic heterocycles.